The second-order valence-electron chi connectivity index (χ2n) is 6.98. The Morgan fingerprint density at radius 1 is 1.30 bits per heavy atom. The van der Waals surface area contributed by atoms with Crippen LogP contribution in [0.1, 0.15) is 40.8 Å². The highest BCUT2D eigenvalue weighted by Gasteiger charge is 2.33. The normalized spacial score (nSPS) is 17.1. The van der Waals surface area contributed by atoms with Gasteiger partial charge in [0.2, 0.25) is 0 Å². The first-order valence-electron chi connectivity index (χ1n) is 9.04. The average molecular weight is 377 g/mol. The standard InChI is InChI=1S/C20H19N5OS/c1-12-4-5-14-16(9-12)22-19(21-14)18-3-2-7-25(18)20(26)17-10-15(23-24-17)13-6-8-27-11-13/h4-6,8-11,18H,2-3,7H2,1H3,(H,21,22)(H,23,24). The van der Waals surface area contributed by atoms with Crippen molar-refractivity contribution >= 4 is 28.3 Å². The maximum atomic E-state index is 13.1. The molecule has 6 nitrogen and oxygen atoms in total. The molecule has 3 aromatic heterocycles. The summed E-state index contributed by atoms with van der Waals surface area (Å²) in [6.07, 6.45) is 1.88. The average Bonchev–Trinajstić information content (AvgIpc) is 3.46. The van der Waals surface area contributed by atoms with Crippen molar-refractivity contribution in [1.29, 1.82) is 0 Å². The number of amides is 1. The molecule has 0 radical (unpaired) electrons. The number of hydrogen-bond donors (Lipinski definition) is 2. The number of rotatable bonds is 3. The van der Waals surface area contributed by atoms with Crippen LogP contribution >= 0.6 is 11.3 Å². The van der Waals surface area contributed by atoms with Crippen LogP contribution in [0.15, 0.2) is 41.1 Å². The minimum atomic E-state index is -0.0295. The lowest BCUT2D eigenvalue weighted by Crippen LogP contribution is -2.31. The molecule has 1 aliphatic heterocycles. The van der Waals surface area contributed by atoms with Crippen LogP contribution in [0.5, 0.6) is 0 Å². The van der Waals surface area contributed by atoms with Crippen LogP contribution in [0.3, 0.4) is 0 Å². The summed E-state index contributed by atoms with van der Waals surface area (Å²) in [5, 5.41) is 11.2. The molecule has 1 fully saturated rings. The van der Waals surface area contributed by atoms with E-state index in [0.717, 1.165) is 47.5 Å². The number of H-pyrrole nitrogens is 2. The lowest BCUT2D eigenvalue weighted by Gasteiger charge is -2.22. The number of aromatic nitrogens is 4. The van der Waals surface area contributed by atoms with Crippen molar-refractivity contribution in [1.82, 2.24) is 25.1 Å². The van der Waals surface area contributed by atoms with E-state index in [4.69, 9.17) is 4.98 Å². The number of hydrogen-bond acceptors (Lipinski definition) is 4. The van der Waals surface area contributed by atoms with E-state index in [-0.39, 0.29) is 11.9 Å². The zero-order valence-electron chi connectivity index (χ0n) is 14.9. The number of carbonyl (C=O) groups excluding carboxylic acids is 1. The Bertz CT molecular complexity index is 1110. The molecule has 4 aromatic rings. The molecule has 4 heterocycles. The third-order valence-electron chi connectivity index (χ3n) is 5.11. The second-order valence-corrected chi connectivity index (χ2v) is 7.76. The van der Waals surface area contributed by atoms with Gasteiger partial charge in [0.15, 0.2) is 0 Å². The predicted octanol–water partition coefficient (Wildman–Crippen LogP) is 4.30. The van der Waals surface area contributed by atoms with Crippen molar-refractivity contribution in [3.05, 3.63) is 58.2 Å². The first kappa shape index (κ1) is 16.3. The van der Waals surface area contributed by atoms with Gasteiger partial charge in [-0.1, -0.05) is 6.07 Å². The van der Waals surface area contributed by atoms with Crippen LogP contribution in [-0.4, -0.2) is 37.5 Å². The zero-order valence-corrected chi connectivity index (χ0v) is 15.7. The number of fused-ring (bicyclic) bond motifs is 1. The number of thiophene rings is 1. The molecule has 7 heteroatoms. The molecule has 1 aromatic carbocycles. The molecular weight excluding hydrogens is 358 g/mol. The van der Waals surface area contributed by atoms with Crippen molar-refractivity contribution < 1.29 is 4.79 Å². The molecule has 0 aliphatic carbocycles. The van der Waals surface area contributed by atoms with Crippen molar-refractivity contribution in [2.45, 2.75) is 25.8 Å². The highest BCUT2D eigenvalue weighted by molar-refractivity contribution is 7.08. The highest BCUT2D eigenvalue weighted by Crippen LogP contribution is 2.33. The smallest absolute Gasteiger partial charge is 0.272 e. The number of imidazole rings is 1. The summed E-state index contributed by atoms with van der Waals surface area (Å²) in [5.74, 6) is 0.835. The summed E-state index contributed by atoms with van der Waals surface area (Å²) >= 11 is 1.62. The molecule has 0 saturated carbocycles. The van der Waals surface area contributed by atoms with Gasteiger partial charge in [0.1, 0.15) is 11.5 Å². The Hall–Kier alpha value is -2.93. The van der Waals surface area contributed by atoms with E-state index < -0.39 is 0 Å². The van der Waals surface area contributed by atoms with E-state index in [0.29, 0.717) is 5.69 Å². The third-order valence-corrected chi connectivity index (χ3v) is 5.79. The quantitative estimate of drug-likeness (QED) is 0.559. The van der Waals surface area contributed by atoms with E-state index in [1.165, 1.54) is 5.56 Å². The van der Waals surface area contributed by atoms with E-state index in [9.17, 15) is 4.79 Å². The molecule has 136 valence electrons. The molecule has 27 heavy (non-hydrogen) atoms. The molecule has 0 spiro atoms. The van der Waals surface area contributed by atoms with Crippen molar-refractivity contribution in [3.8, 4) is 11.3 Å². The van der Waals surface area contributed by atoms with Gasteiger partial charge in [-0.05, 0) is 55.0 Å². The van der Waals surface area contributed by atoms with E-state index >= 15 is 0 Å². The molecule has 5 rings (SSSR count). The minimum absolute atomic E-state index is 0.0249. The van der Waals surface area contributed by atoms with Crippen LogP contribution in [0, 0.1) is 6.92 Å². The van der Waals surface area contributed by atoms with Gasteiger partial charge < -0.3 is 9.88 Å². The van der Waals surface area contributed by atoms with Crippen molar-refractivity contribution in [2.24, 2.45) is 0 Å². The highest BCUT2D eigenvalue weighted by atomic mass is 32.1. The molecule has 2 N–H and O–H groups in total. The first-order chi connectivity index (χ1) is 13.2. The van der Waals surface area contributed by atoms with Gasteiger partial charge in [-0.25, -0.2) is 4.98 Å². The number of benzene rings is 1. The Kier molecular flexibility index (Phi) is 3.82. The second kappa shape index (κ2) is 6.35. The Morgan fingerprint density at radius 2 is 2.22 bits per heavy atom. The van der Waals surface area contributed by atoms with Crippen LogP contribution in [0.4, 0.5) is 0 Å². The van der Waals surface area contributed by atoms with Crippen LogP contribution in [0.2, 0.25) is 0 Å². The van der Waals surface area contributed by atoms with Gasteiger partial charge in [0.05, 0.1) is 22.8 Å². The zero-order chi connectivity index (χ0) is 18.4. The summed E-state index contributed by atoms with van der Waals surface area (Å²) in [7, 11) is 0. The molecular formula is C20H19N5OS. The molecule has 1 unspecified atom stereocenters. The minimum Gasteiger partial charge on any atom is -0.340 e. The fourth-order valence-corrected chi connectivity index (χ4v) is 4.39. The van der Waals surface area contributed by atoms with Gasteiger partial charge in [-0.3, -0.25) is 9.89 Å². The van der Waals surface area contributed by atoms with Gasteiger partial charge in [0.25, 0.3) is 5.91 Å². The molecule has 1 aliphatic rings. The summed E-state index contributed by atoms with van der Waals surface area (Å²) in [6.45, 7) is 2.79. The summed E-state index contributed by atoms with van der Waals surface area (Å²) < 4.78 is 0. The predicted molar refractivity (Wildman–Crippen MR) is 106 cm³/mol. The number of nitrogens with one attached hydrogen (secondary N) is 2. The van der Waals surface area contributed by atoms with E-state index in [2.05, 4.69) is 34.2 Å². The first-order valence-corrected chi connectivity index (χ1v) is 9.98. The fraction of sp³-hybridized carbons (Fsp3) is 0.250. The molecule has 1 amide bonds. The molecule has 1 atom stereocenters. The maximum absolute atomic E-state index is 13.1. The number of carbonyl (C=O) groups is 1. The van der Waals surface area contributed by atoms with Gasteiger partial charge in [-0.15, -0.1) is 0 Å². The topological polar surface area (TPSA) is 77.7 Å². The third kappa shape index (κ3) is 2.84. The van der Waals surface area contributed by atoms with Gasteiger partial charge >= 0.3 is 0 Å². The summed E-state index contributed by atoms with van der Waals surface area (Å²) in [5.41, 5.74) is 5.50. The van der Waals surface area contributed by atoms with E-state index in [1.54, 1.807) is 11.3 Å². The van der Waals surface area contributed by atoms with Gasteiger partial charge in [-0.2, -0.15) is 16.4 Å². The van der Waals surface area contributed by atoms with Crippen molar-refractivity contribution in [2.75, 3.05) is 6.54 Å². The summed E-state index contributed by atoms with van der Waals surface area (Å²) in [4.78, 5) is 23.1. The van der Waals surface area contributed by atoms with Crippen LogP contribution in [-0.2, 0) is 0 Å². The SMILES string of the molecule is Cc1ccc2nc(C3CCCN3C(=O)c3cc(-c4ccsc4)n[nH]3)[nH]c2c1. The molecule has 0 bridgehead atoms. The lowest BCUT2D eigenvalue weighted by atomic mass is 10.2. The van der Waals surface area contributed by atoms with E-state index in [1.807, 2.05) is 33.9 Å². The monoisotopic (exact) mass is 377 g/mol. The fourth-order valence-electron chi connectivity index (χ4n) is 3.74. The Morgan fingerprint density at radius 3 is 3.07 bits per heavy atom. The van der Waals surface area contributed by atoms with Crippen LogP contribution < -0.4 is 0 Å². The number of aryl methyl sites for hydroxylation is 1. The maximum Gasteiger partial charge on any atom is 0.272 e. The van der Waals surface area contributed by atoms with Crippen LogP contribution in [0.25, 0.3) is 22.3 Å². The largest absolute Gasteiger partial charge is 0.340 e. The summed E-state index contributed by atoms with van der Waals surface area (Å²) in [6, 6.07) is 9.98. The van der Waals surface area contributed by atoms with Crippen molar-refractivity contribution in [3.63, 3.8) is 0 Å². The number of aromatic amines is 2. The number of nitrogens with zero attached hydrogens (tertiary/aromatic N) is 3. The number of likely N-dealkylation sites (tertiary alicyclic amines) is 1. The Balaban J connectivity index is 1.44. The Labute approximate surface area is 160 Å². The molecule has 1 saturated heterocycles. The lowest BCUT2D eigenvalue weighted by molar-refractivity contribution is 0.0724. The van der Waals surface area contributed by atoms with Gasteiger partial charge in [0, 0.05) is 17.5 Å².